The van der Waals surface area contributed by atoms with Gasteiger partial charge < -0.3 is 10.1 Å². The predicted molar refractivity (Wildman–Crippen MR) is 104 cm³/mol. The van der Waals surface area contributed by atoms with Crippen LogP contribution in [0.2, 0.25) is 0 Å². The average Bonchev–Trinajstić information content (AvgIpc) is 2.68. The van der Waals surface area contributed by atoms with E-state index >= 15 is 0 Å². The Morgan fingerprint density at radius 2 is 1.93 bits per heavy atom. The summed E-state index contributed by atoms with van der Waals surface area (Å²) >= 11 is 0. The number of rotatable bonds is 5. The van der Waals surface area contributed by atoms with Crippen LogP contribution in [0.5, 0.6) is 5.75 Å². The van der Waals surface area contributed by atoms with Crippen molar-refractivity contribution in [1.29, 1.82) is 5.26 Å². The van der Waals surface area contributed by atoms with E-state index in [2.05, 4.69) is 16.4 Å². The van der Waals surface area contributed by atoms with Gasteiger partial charge in [0.15, 0.2) is 0 Å². The Bertz CT molecular complexity index is 985. The number of anilines is 1. The van der Waals surface area contributed by atoms with E-state index < -0.39 is 0 Å². The van der Waals surface area contributed by atoms with Crippen LogP contribution in [-0.2, 0) is 6.61 Å². The van der Waals surface area contributed by atoms with Gasteiger partial charge in [0.05, 0.1) is 11.6 Å². The molecule has 5 heteroatoms. The summed E-state index contributed by atoms with van der Waals surface area (Å²) in [6.45, 7) is 4.25. The molecule has 1 aromatic heterocycles. The van der Waals surface area contributed by atoms with Crippen molar-refractivity contribution in [2.24, 2.45) is 0 Å². The van der Waals surface area contributed by atoms with Crippen LogP contribution in [0.3, 0.4) is 0 Å². The first-order chi connectivity index (χ1) is 13.1. The number of pyridine rings is 1. The number of aromatic nitrogens is 1. The van der Waals surface area contributed by atoms with Gasteiger partial charge in [-0.3, -0.25) is 9.78 Å². The Labute approximate surface area is 158 Å². The zero-order valence-corrected chi connectivity index (χ0v) is 15.2. The second-order valence-corrected chi connectivity index (χ2v) is 6.24. The Morgan fingerprint density at radius 3 is 2.59 bits per heavy atom. The van der Waals surface area contributed by atoms with Crippen molar-refractivity contribution in [3.63, 3.8) is 0 Å². The Balaban J connectivity index is 1.75. The first-order valence-electron chi connectivity index (χ1n) is 8.51. The molecule has 1 N–H and O–H groups in total. The van der Waals surface area contributed by atoms with E-state index in [0.29, 0.717) is 23.4 Å². The number of nitrogens with zero attached hydrogens (tertiary/aromatic N) is 2. The summed E-state index contributed by atoms with van der Waals surface area (Å²) in [5.41, 5.74) is 4.38. The topological polar surface area (TPSA) is 75.0 Å². The molecule has 0 aliphatic carbocycles. The van der Waals surface area contributed by atoms with Crippen LogP contribution in [0.1, 0.15) is 32.6 Å². The highest BCUT2D eigenvalue weighted by Crippen LogP contribution is 2.26. The zero-order chi connectivity index (χ0) is 19.2. The number of hydrogen-bond donors (Lipinski definition) is 1. The molecule has 0 atom stereocenters. The standard InChI is InChI=1S/C22H19N3O2/c1-15-9-19(22(26)25-20-7-3-5-17(11-20)12-23)10-16(2)21(15)27-14-18-6-4-8-24-13-18/h3-11,13H,14H2,1-2H3,(H,25,26). The van der Waals surface area contributed by atoms with Gasteiger partial charge in [0.2, 0.25) is 0 Å². The molecule has 1 amide bonds. The monoisotopic (exact) mass is 357 g/mol. The van der Waals surface area contributed by atoms with Gasteiger partial charge in [0.1, 0.15) is 12.4 Å². The number of carbonyl (C=O) groups excluding carboxylic acids is 1. The molecule has 0 saturated heterocycles. The van der Waals surface area contributed by atoms with Crippen molar-refractivity contribution < 1.29 is 9.53 Å². The fraction of sp³-hybridized carbons (Fsp3) is 0.136. The van der Waals surface area contributed by atoms with E-state index in [0.717, 1.165) is 22.4 Å². The lowest BCUT2D eigenvalue weighted by Crippen LogP contribution is -2.13. The number of nitrogens with one attached hydrogen (secondary N) is 1. The maximum absolute atomic E-state index is 12.6. The van der Waals surface area contributed by atoms with Crippen molar-refractivity contribution in [1.82, 2.24) is 4.98 Å². The SMILES string of the molecule is Cc1cc(C(=O)Nc2cccc(C#N)c2)cc(C)c1OCc1cccnc1. The van der Waals surface area contributed by atoms with Crippen LogP contribution in [0, 0.1) is 25.2 Å². The highest BCUT2D eigenvalue weighted by atomic mass is 16.5. The Hall–Kier alpha value is -3.65. The molecular weight excluding hydrogens is 338 g/mol. The van der Waals surface area contributed by atoms with E-state index in [1.54, 1.807) is 48.8 Å². The van der Waals surface area contributed by atoms with Crippen LogP contribution in [0.25, 0.3) is 0 Å². The van der Waals surface area contributed by atoms with Crippen LogP contribution in [0.4, 0.5) is 5.69 Å². The third kappa shape index (κ3) is 4.50. The molecule has 5 nitrogen and oxygen atoms in total. The van der Waals surface area contributed by atoms with Crippen molar-refractivity contribution in [3.05, 3.63) is 88.7 Å². The van der Waals surface area contributed by atoms with E-state index in [-0.39, 0.29) is 5.91 Å². The Kier molecular flexibility index (Phi) is 5.48. The lowest BCUT2D eigenvalue weighted by Gasteiger charge is -2.14. The third-order valence-corrected chi connectivity index (χ3v) is 4.08. The Morgan fingerprint density at radius 1 is 1.15 bits per heavy atom. The van der Waals surface area contributed by atoms with Gasteiger partial charge in [-0.2, -0.15) is 5.26 Å². The molecule has 0 saturated carbocycles. The zero-order valence-electron chi connectivity index (χ0n) is 15.2. The van der Waals surface area contributed by atoms with Gasteiger partial charge in [0, 0.05) is 29.2 Å². The van der Waals surface area contributed by atoms with Crippen LogP contribution in [-0.4, -0.2) is 10.9 Å². The minimum atomic E-state index is -0.227. The summed E-state index contributed by atoms with van der Waals surface area (Å²) in [5.74, 6) is 0.539. The summed E-state index contributed by atoms with van der Waals surface area (Å²) < 4.78 is 5.93. The number of benzene rings is 2. The first kappa shape index (κ1) is 18.2. The molecule has 1 heterocycles. The second kappa shape index (κ2) is 8.15. The predicted octanol–water partition coefficient (Wildman–Crippen LogP) is 4.40. The third-order valence-electron chi connectivity index (χ3n) is 4.08. The quantitative estimate of drug-likeness (QED) is 0.734. The lowest BCUT2D eigenvalue weighted by atomic mass is 10.0. The van der Waals surface area contributed by atoms with Crippen LogP contribution in [0.15, 0.2) is 60.9 Å². The smallest absolute Gasteiger partial charge is 0.255 e. The number of aryl methyl sites for hydroxylation is 2. The minimum absolute atomic E-state index is 0.227. The van der Waals surface area contributed by atoms with Gasteiger partial charge in [-0.25, -0.2) is 0 Å². The number of carbonyl (C=O) groups is 1. The maximum Gasteiger partial charge on any atom is 0.255 e. The fourth-order valence-corrected chi connectivity index (χ4v) is 2.82. The van der Waals surface area contributed by atoms with E-state index in [9.17, 15) is 4.79 Å². The summed E-state index contributed by atoms with van der Waals surface area (Å²) in [6, 6.07) is 16.3. The molecule has 2 aromatic carbocycles. The lowest BCUT2D eigenvalue weighted by molar-refractivity contribution is 0.102. The number of hydrogen-bond acceptors (Lipinski definition) is 4. The van der Waals surface area contributed by atoms with Crippen molar-refractivity contribution in [2.75, 3.05) is 5.32 Å². The largest absolute Gasteiger partial charge is 0.488 e. The molecule has 0 aliphatic heterocycles. The molecule has 0 bridgehead atoms. The number of ether oxygens (including phenoxy) is 1. The molecule has 0 spiro atoms. The van der Waals surface area contributed by atoms with E-state index in [4.69, 9.17) is 10.00 Å². The van der Waals surface area contributed by atoms with Crippen LogP contribution < -0.4 is 10.1 Å². The van der Waals surface area contributed by atoms with E-state index in [1.807, 2.05) is 26.0 Å². The number of nitriles is 1. The molecule has 27 heavy (non-hydrogen) atoms. The van der Waals surface area contributed by atoms with Crippen molar-refractivity contribution in [3.8, 4) is 11.8 Å². The highest BCUT2D eigenvalue weighted by molar-refractivity contribution is 6.04. The maximum atomic E-state index is 12.6. The van der Waals surface area contributed by atoms with Crippen LogP contribution >= 0.6 is 0 Å². The molecule has 3 aromatic rings. The van der Waals surface area contributed by atoms with Crippen molar-refractivity contribution >= 4 is 11.6 Å². The summed E-state index contributed by atoms with van der Waals surface area (Å²) in [5, 5.41) is 11.8. The molecule has 134 valence electrons. The highest BCUT2D eigenvalue weighted by Gasteiger charge is 2.12. The summed E-state index contributed by atoms with van der Waals surface area (Å²) in [4.78, 5) is 16.6. The first-order valence-corrected chi connectivity index (χ1v) is 8.51. The van der Waals surface area contributed by atoms with Gasteiger partial charge in [-0.15, -0.1) is 0 Å². The van der Waals surface area contributed by atoms with Crippen molar-refractivity contribution in [2.45, 2.75) is 20.5 Å². The fourth-order valence-electron chi connectivity index (χ4n) is 2.82. The summed E-state index contributed by atoms with van der Waals surface area (Å²) in [6.07, 6.45) is 3.49. The van der Waals surface area contributed by atoms with Gasteiger partial charge in [-0.05, 0) is 61.4 Å². The summed E-state index contributed by atoms with van der Waals surface area (Å²) in [7, 11) is 0. The van der Waals surface area contributed by atoms with Gasteiger partial charge >= 0.3 is 0 Å². The van der Waals surface area contributed by atoms with Gasteiger partial charge in [-0.1, -0.05) is 12.1 Å². The number of amides is 1. The van der Waals surface area contributed by atoms with E-state index in [1.165, 1.54) is 0 Å². The molecule has 0 aliphatic rings. The minimum Gasteiger partial charge on any atom is -0.488 e. The molecule has 0 radical (unpaired) electrons. The van der Waals surface area contributed by atoms with Gasteiger partial charge in [0.25, 0.3) is 5.91 Å². The normalized spacial score (nSPS) is 10.1. The second-order valence-electron chi connectivity index (χ2n) is 6.24. The molecule has 3 rings (SSSR count). The molecule has 0 fully saturated rings. The molecule has 0 unspecified atom stereocenters. The molecular formula is C22H19N3O2. The average molecular weight is 357 g/mol.